The first-order chi connectivity index (χ1) is 28.3. The zero-order chi connectivity index (χ0) is 39.5. The number of fused-ring (bicyclic) bond motifs is 14. The molecule has 0 amide bonds. The highest BCUT2D eigenvalue weighted by molar-refractivity contribution is 9.11. The van der Waals surface area contributed by atoms with E-state index in [1.807, 2.05) is 54.6 Å². The van der Waals surface area contributed by atoms with Crippen LogP contribution in [0.2, 0.25) is 0 Å². The van der Waals surface area contributed by atoms with E-state index >= 15 is 0 Å². The first-order valence-electron chi connectivity index (χ1n) is 18.3. The molecule has 0 atom stereocenters. The van der Waals surface area contributed by atoms with Gasteiger partial charge < -0.3 is 27.7 Å². The summed E-state index contributed by atoms with van der Waals surface area (Å²) in [5.41, 5.74) is 9.60. The summed E-state index contributed by atoms with van der Waals surface area (Å²) in [6, 6.07) is 52.0. The Kier molecular flexibility index (Phi) is 9.47. The van der Waals surface area contributed by atoms with E-state index in [1.54, 1.807) is 24.3 Å². The van der Waals surface area contributed by atoms with Gasteiger partial charge in [0.25, 0.3) is 0 Å². The zero-order valence-electron chi connectivity index (χ0n) is 30.2. The van der Waals surface area contributed by atoms with Crippen LogP contribution in [-0.2, 0) is 0 Å². The minimum absolute atomic E-state index is 0.525. The van der Waals surface area contributed by atoms with Gasteiger partial charge in [0.1, 0.15) is 22.3 Å². The van der Waals surface area contributed by atoms with Gasteiger partial charge in [-0.2, -0.15) is 0 Å². The summed E-state index contributed by atoms with van der Waals surface area (Å²) >= 11 is 10.6. The number of halogens is 3. The second-order valence-electron chi connectivity index (χ2n) is 13.8. The average Bonchev–Trinajstić information content (AvgIpc) is 4.01. The molecule has 2 N–H and O–H groups in total. The Morgan fingerprint density at radius 2 is 0.672 bits per heavy atom. The van der Waals surface area contributed by atoms with E-state index in [-0.39, 0.29) is 0 Å². The van der Waals surface area contributed by atoms with Crippen LogP contribution in [-0.4, -0.2) is 17.2 Å². The lowest BCUT2D eigenvalue weighted by Gasteiger charge is -2.01. The highest BCUT2D eigenvalue weighted by Crippen LogP contribution is 2.41. The monoisotopic (exact) mass is 948 g/mol. The topological polar surface area (TPSA) is 93.0 Å². The van der Waals surface area contributed by atoms with Crippen LogP contribution in [0.5, 0.6) is 0 Å². The molecule has 12 aromatic rings. The van der Waals surface area contributed by atoms with Gasteiger partial charge in [-0.3, -0.25) is 0 Å². The normalized spacial score (nSPS) is 11.5. The second kappa shape index (κ2) is 15.0. The first kappa shape index (κ1) is 36.7. The number of furan rings is 4. The fraction of sp³-hybridized carbons (Fsp3) is 0. The highest BCUT2D eigenvalue weighted by atomic mass is 79.9. The van der Waals surface area contributed by atoms with Crippen molar-refractivity contribution in [3.05, 3.63) is 171 Å². The fourth-order valence-electron chi connectivity index (χ4n) is 7.49. The Labute approximate surface area is 355 Å². The van der Waals surface area contributed by atoms with Gasteiger partial charge in [-0.1, -0.05) is 115 Å². The molecule has 0 unspecified atom stereocenters. The van der Waals surface area contributed by atoms with Gasteiger partial charge in [-0.05, 0) is 108 Å². The number of benzene rings is 8. The molecule has 0 saturated carbocycles. The third kappa shape index (κ3) is 6.61. The average molecular weight is 951 g/mol. The van der Waals surface area contributed by atoms with Crippen LogP contribution in [0.25, 0.3) is 98.9 Å². The van der Waals surface area contributed by atoms with Gasteiger partial charge in [0.15, 0.2) is 22.3 Å². The van der Waals surface area contributed by atoms with Crippen LogP contribution in [0.3, 0.4) is 0 Å². The van der Waals surface area contributed by atoms with E-state index in [0.717, 1.165) is 101 Å². The molecule has 0 aliphatic carbocycles. The van der Waals surface area contributed by atoms with Crippen molar-refractivity contribution in [3.8, 4) is 11.1 Å². The molecule has 10 heteroatoms. The van der Waals surface area contributed by atoms with Crippen molar-refractivity contribution in [2.75, 3.05) is 0 Å². The predicted molar refractivity (Wildman–Crippen MR) is 247 cm³/mol. The Morgan fingerprint density at radius 1 is 0.328 bits per heavy atom. The predicted octanol–water partition coefficient (Wildman–Crippen LogP) is 14.3. The lowest BCUT2D eigenvalue weighted by atomic mass is 9.81. The molecule has 0 radical (unpaired) electrons. The van der Waals surface area contributed by atoms with Crippen LogP contribution in [0.1, 0.15) is 0 Å². The molecule has 0 spiro atoms. The van der Waals surface area contributed by atoms with E-state index < -0.39 is 7.12 Å². The molecule has 8 aromatic carbocycles. The second-order valence-corrected chi connectivity index (χ2v) is 16.6. The third-order valence-corrected chi connectivity index (χ3v) is 11.7. The largest absolute Gasteiger partial charge is 0.488 e. The molecule has 0 aliphatic rings. The van der Waals surface area contributed by atoms with Crippen LogP contribution in [0.15, 0.2) is 189 Å². The Hall–Kier alpha value is -5.62. The zero-order valence-corrected chi connectivity index (χ0v) is 35.0. The van der Waals surface area contributed by atoms with Crippen LogP contribution >= 0.6 is 47.8 Å². The quantitative estimate of drug-likeness (QED) is 0.168. The maximum Gasteiger partial charge on any atom is 0.488 e. The smallest absolute Gasteiger partial charge is 0.452 e. The number of hydrogen-bond donors (Lipinski definition) is 2. The van der Waals surface area contributed by atoms with E-state index in [4.69, 9.17) is 27.7 Å². The van der Waals surface area contributed by atoms with Gasteiger partial charge in [0, 0.05) is 56.5 Å². The summed E-state index contributed by atoms with van der Waals surface area (Å²) in [4.78, 5) is 0. The summed E-state index contributed by atoms with van der Waals surface area (Å²) < 4.78 is 27.6. The molecule has 0 aliphatic heterocycles. The lowest BCUT2D eigenvalue weighted by Crippen LogP contribution is -2.29. The van der Waals surface area contributed by atoms with Crippen molar-refractivity contribution in [1.29, 1.82) is 0 Å². The van der Waals surface area contributed by atoms with Crippen LogP contribution in [0.4, 0.5) is 0 Å². The van der Waals surface area contributed by atoms with Gasteiger partial charge in [-0.15, -0.1) is 0 Å². The van der Waals surface area contributed by atoms with Crippen molar-refractivity contribution in [3.63, 3.8) is 0 Å². The SMILES string of the molecule is Brc1ccc2oc3c(ccc4c5cc(-c6ccccc6)ccc5oc43)c2c1.Brc1ccc2oc3c(ccc4c5cc(Br)ccc5oc43)c2c1.OB(O)c1ccccc1. The van der Waals surface area contributed by atoms with Gasteiger partial charge in [0.2, 0.25) is 0 Å². The van der Waals surface area contributed by atoms with Gasteiger partial charge in [-0.25, -0.2) is 0 Å². The molecular formula is C48H28BBr3O6. The molecular weight excluding hydrogens is 923 g/mol. The van der Waals surface area contributed by atoms with E-state index in [9.17, 15) is 0 Å². The fourth-order valence-corrected chi connectivity index (χ4v) is 8.57. The molecule has 0 saturated heterocycles. The molecule has 280 valence electrons. The van der Waals surface area contributed by atoms with E-state index in [0.29, 0.717) is 5.46 Å². The summed E-state index contributed by atoms with van der Waals surface area (Å²) in [5, 5.41) is 25.8. The maximum atomic E-state index is 8.58. The molecule has 12 rings (SSSR count). The molecule has 4 aromatic heterocycles. The van der Waals surface area contributed by atoms with Gasteiger partial charge in [0.05, 0.1) is 0 Å². The molecule has 0 bridgehead atoms. The van der Waals surface area contributed by atoms with Crippen molar-refractivity contribution in [1.82, 2.24) is 0 Å². The summed E-state index contributed by atoms with van der Waals surface area (Å²) in [6.45, 7) is 0. The lowest BCUT2D eigenvalue weighted by molar-refractivity contribution is 0.426. The molecule has 58 heavy (non-hydrogen) atoms. The molecule has 4 heterocycles. The number of hydrogen-bond acceptors (Lipinski definition) is 6. The van der Waals surface area contributed by atoms with Crippen molar-refractivity contribution in [2.45, 2.75) is 0 Å². The first-order valence-corrected chi connectivity index (χ1v) is 20.7. The molecule has 6 nitrogen and oxygen atoms in total. The minimum atomic E-state index is -1.34. The Bertz CT molecular complexity index is 3380. The van der Waals surface area contributed by atoms with E-state index in [1.165, 1.54) is 11.1 Å². The summed E-state index contributed by atoms with van der Waals surface area (Å²) in [7, 11) is -1.34. The summed E-state index contributed by atoms with van der Waals surface area (Å²) in [6.07, 6.45) is 0. The summed E-state index contributed by atoms with van der Waals surface area (Å²) in [5.74, 6) is 0. The van der Waals surface area contributed by atoms with E-state index in [2.05, 4.69) is 127 Å². The Morgan fingerprint density at radius 3 is 1.03 bits per heavy atom. The van der Waals surface area contributed by atoms with Crippen molar-refractivity contribution >= 4 is 148 Å². The highest BCUT2D eigenvalue weighted by Gasteiger charge is 2.18. The van der Waals surface area contributed by atoms with Crippen molar-refractivity contribution in [2.24, 2.45) is 0 Å². The molecule has 0 fully saturated rings. The standard InChI is InChI=1S/C24H13BrO2.C18H8Br2O2.C6H7BO2/c25-16-7-11-22-20(13-16)18-9-8-17-19-12-15(14-4-2-1-3-5-14)6-10-21(19)26-23(17)24(18)27-22;19-9-1-5-15-13(7-9)11-3-4-12-14-8-10(20)2-6-16(14)22-18(12)17(11)21-15;8-7(9)6-4-2-1-3-5-6/h1-13H;1-8H;1-5,8-9H. The van der Waals surface area contributed by atoms with Gasteiger partial charge >= 0.3 is 7.12 Å². The van der Waals surface area contributed by atoms with Crippen LogP contribution < -0.4 is 5.46 Å². The van der Waals surface area contributed by atoms with Crippen LogP contribution in [0, 0.1) is 0 Å². The number of rotatable bonds is 2. The maximum absolute atomic E-state index is 8.58. The third-order valence-electron chi connectivity index (χ3n) is 10.2. The Balaban J connectivity index is 0.000000118. The minimum Gasteiger partial charge on any atom is -0.452 e. The van der Waals surface area contributed by atoms with Crippen molar-refractivity contribution < 1.29 is 27.7 Å².